The minimum absolute atomic E-state index is 0.0143. The molecule has 0 amide bonds. The minimum Gasteiger partial charge on any atom is -0.301 e. The summed E-state index contributed by atoms with van der Waals surface area (Å²) in [7, 11) is 0. The van der Waals surface area contributed by atoms with E-state index >= 15 is 0 Å². The zero-order chi connectivity index (χ0) is 15.8. The van der Waals surface area contributed by atoms with Crippen LogP contribution in [0.25, 0.3) is 10.1 Å². The van der Waals surface area contributed by atoms with Crippen molar-refractivity contribution in [3.63, 3.8) is 0 Å². The van der Waals surface area contributed by atoms with E-state index in [1.54, 1.807) is 0 Å². The Morgan fingerprint density at radius 1 is 1.39 bits per heavy atom. The van der Waals surface area contributed by atoms with Crippen LogP contribution < -0.4 is 5.56 Å². The molecule has 1 aliphatic heterocycles. The first-order valence-corrected chi connectivity index (χ1v) is 9.63. The quantitative estimate of drug-likeness (QED) is 0.586. The number of hydrogen-bond acceptors (Lipinski definition) is 5. The third kappa shape index (κ3) is 2.94. The Morgan fingerprint density at radius 3 is 3.09 bits per heavy atom. The number of fused-ring (bicyclic) bond motifs is 2. The molecule has 0 unspecified atom stereocenters. The lowest BCUT2D eigenvalue weighted by Crippen LogP contribution is -2.35. The molecule has 0 atom stereocenters. The first-order valence-electron chi connectivity index (χ1n) is 7.59. The van der Waals surface area contributed by atoms with Crippen molar-refractivity contribution in [2.24, 2.45) is 0 Å². The predicted molar refractivity (Wildman–Crippen MR) is 96.3 cm³/mol. The van der Waals surface area contributed by atoms with Gasteiger partial charge in [-0.25, -0.2) is 4.98 Å². The molecule has 1 aromatic carbocycles. The zero-order valence-corrected chi connectivity index (χ0v) is 14.5. The lowest BCUT2D eigenvalue weighted by Gasteiger charge is -2.27. The second kappa shape index (κ2) is 6.11. The van der Waals surface area contributed by atoms with Crippen molar-refractivity contribution in [3.8, 4) is 0 Å². The van der Waals surface area contributed by atoms with Crippen LogP contribution in [-0.4, -0.2) is 27.7 Å². The Labute approximate surface area is 142 Å². The Hall–Kier alpha value is -1.63. The molecular formula is C17H17N3OS2. The molecule has 2 aromatic heterocycles. The van der Waals surface area contributed by atoms with Crippen LogP contribution in [-0.2, 0) is 19.5 Å². The largest absolute Gasteiger partial charge is 0.301 e. The summed E-state index contributed by atoms with van der Waals surface area (Å²) in [4.78, 5) is 23.3. The van der Waals surface area contributed by atoms with Crippen LogP contribution in [0, 0.1) is 0 Å². The SMILES string of the molecule is CSc1nc2c(c(=O)[nH]1)CN(Cc1cc3ccccc3s1)CC2. The molecular weight excluding hydrogens is 326 g/mol. The molecule has 4 rings (SSSR count). The zero-order valence-electron chi connectivity index (χ0n) is 12.8. The summed E-state index contributed by atoms with van der Waals surface area (Å²) in [5.74, 6) is 0. The first kappa shape index (κ1) is 14.9. The fourth-order valence-electron chi connectivity index (χ4n) is 3.02. The van der Waals surface area contributed by atoms with Crippen molar-refractivity contribution < 1.29 is 0 Å². The minimum atomic E-state index is 0.0143. The second-order valence-electron chi connectivity index (χ2n) is 5.71. The number of rotatable bonds is 3. The van der Waals surface area contributed by atoms with E-state index < -0.39 is 0 Å². The molecule has 1 N–H and O–H groups in total. The van der Waals surface area contributed by atoms with Crippen molar-refractivity contribution in [2.45, 2.75) is 24.7 Å². The van der Waals surface area contributed by atoms with E-state index in [-0.39, 0.29) is 5.56 Å². The van der Waals surface area contributed by atoms with Crippen molar-refractivity contribution in [3.05, 3.63) is 56.8 Å². The molecule has 4 nitrogen and oxygen atoms in total. The summed E-state index contributed by atoms with van der Waals surface area (Å²) < 4.78 is 1.32. The van der Waals surface area contributed by atoms with Gasteiger partial charge in [-0.1, -0.05) is 30.0 Å². The Balaban J connectivity index is 1.57. The van der Waals surface area contributed by atoms with E-state index in [4.69, 9.17) is 0 Å². The first-order chi connectivity index (χ1) is 11.2. The molecule has 0 fully saturated rings. The van der Waals surface area contributed by atoms with Crippen molar-refractivity contribution in [1.29, 1.82) is 0 Å². The normalized spacial score (nSPS) is 15.0. The standard InChI is InChI=1S/C17H17N3OS2/c1-22-17-18-14-6-7-20(10-13(14)16(21)19-17)9-12-8-11-4-2-3-5-15(11)23-12/h2-5,8H,6-7,9-10H2,1H3,(H,18,19,21). The van der Waals surface area contributed by atoms with Gasteiger partial charge in [-0.05, 0) is 23.8 Å². The van der Waals surface area contributed by atoms with Gasteiger partial charge < -0.3 is 4.98 Å². The highest BCUT2D eigenvalue weighted by molar-refractivity contribution is 7.98. The third-order valence-electron chi connectivity index (χ3n) is 4.18. The summed E-state index contributed by atoms with van der Waals surface area (Å²) in [5.41, 5.74) is 1.81. The topological polar surface area (TPSA) is 49.0 Å². The van der Waals surface area contributed by atoms with Gasteiger partial charge in [-0.3, -0.25) is 9.69 Å². The van der Waals surface area contributed by atoms with Gasteiger partial charge in [0.25, 0.3) is 5.56 Å². The molecule has 0 radical (unpaired) electrons. The summed E-state index contributed by atoms with van der Waals surface area (Å²) in [6, 6.07) is 10.7. The van der Waals surface area contributed by atoms with Crippen LogP contribution in [0.4, 0.5) is 0 Å². The van der Waals surface area contributed by atoms with Crippen LogP contribution >= 0.6 is 23.1 Å². The Bertz CT molecular complexity index is 883. The highest BCUT2D eigenvalue weighted by atomic mass is 32.2. The van der Waals surface area contributed by atoms with E-state index in [0.717, 1.165) is 30.8 Å². The maximum atomic E-state index is 12.2. The molecule has 118 valence electrons. The highest BCUT2D eigenvalue weighted by Crippen LogP contribution is 2.27. The molecule has 0 bridgehead atoms. The number of thioether (sulfide) groups is 1. The average Bonchev–Trinajstić information content (AvgIpc) is 2.97. The van der Waals surface area contributed by atoms with Gasteiger partial charge in [0.15, 0.2) is 5.16 Å². The van der Waals surface area contributed by atoms with Crippen molar-refractivity contribution in [1.82, 2.24) is 14.9 Å². The highest BCUT2D eigenvalue weighted by Gasteiger charge is 2.21. The lowest BCUT2D eigenvalue weighted by atomic mass is 10.1. The number of hydrogen-bond donors (Lipinski definition) is 1. The molecule has 0 aliphatic carbocycles. The van der Waals surface area contributed by atoms with E-state index in [1.807, 2.05) is 17.6 Å². The molecule has 1 aliphatic rings. The second-order valence-corrected chi connectivity index (χ2v) is 7.67. The molecule has 6 heteroatoms. The van der Waals surface area contributed by atoms with E-state index in [1.165, 1.54) is 26.7 Å². The van der Waals surface area contributed by atoms with Crippen LogP contribution in [0.5, 0.6) is 0 Å². The number of thiophene rings is 1. The van der Waals surface area contributed by atoms with Gasteiger partial charge in [-0.15, -0.1) is 11.3 Å². The number of aromatic nitrogens is 2. The van der Waals surface area contributed by atoms with Crippen LogP contribution in [0.3, 0.4) is 0 Å². The number of nitrogens with one attached hydrogen (secondary N) is 1. The van der Waals surface area contributed by atoms with E-state index in [2.05, 4.69) is 45.2 Å². The monoisotopic (exact) mass is 343 g/mol. The van der Waals surface area contributed by atoms with E-state index in [0.29, 0.717) is 11.7 Å². The van der Waals surface area contributed by atoms with Gasteiger partial charge in [0.2, 0.25) is 0 Å². The summed E-state index contributed by atoms with van der Waals surface area (Å²) in [6.45, 7) is 2.52. The molecule has 0 saturated heterocycles. The number of benzene rings is 1. The summed E-state index contributed by atoms with van der Waals surface area (Å²) in [5, 5.41) is 2.01. The van der Waals surface area contributed by atoms with Gasteiger partial charge in [0.05, 0.1) is 11.3 Å². The molecule has 23 heavy (non-hydrogen) atoms. The predicted octanol–water partition coefficient (Wildman–Crippen LogP) is 3.26. The van der Waals surface area contributed by atoms with Crippen molar-refractivity contribution >= 4 is 33.2 Å². The Kier molecular flexibility index (Phi) is 3.97. The molecule has 3 heterocycles. The van der Waals surface area contributed by atoms with Crippen molar-refractivity contribution in [2.75, 3.05) is 12.8 Å². The lowest BCUT2D eigenvalue weighted by molar-refractivity contribution is 0.243. The van der Waals surface area contributed by atoms with Crippen LogP contribution in [0.15, 0.2) is 40.3 Å². The molecule has 0 spiro atoms. The van der Waals surface area contributed by atoms with E-state index in [9.17, 15) is 4.79 Å². The fourth-order valence-corrected chi connectivity index (χ4v) is 4.53. The van der Waals surface area contributed by atoms with Crippen LogP contribution in [0.2, 0.25) is 0 Å². The number of H-pyrrole nitrogens is 1. The van der Waals surface area contributed by atoms with Gasteiger partial charge in [0.1, 0.15) is 0 Å². The summed E-state index contributed by atoms with van der Waals surface area (Å²) >= 11 is 3.32. The summed E-state index contributed by atoms with van der Waals surface area (Å²) in [6.07, 6.45) is 2.78. The maximum Gasteiger partial charge on any atom is 0.256 e. The molecule has 3 aromatic rings. The molecule has 0 saturated carbocycles. The Morgan fingerprint density at radius 2 is 2.26 bits per heavy atom. The van der Waals surface area contributed by atoms with Gasteiger partial charge in [-0.2, -0.15) is 0 Å². The van der Waals surface area contributed by atoms with Gasteiger partial charge >= 0.3 is 0 Å². The van der Waals surface area contributed by atoms with Crippen LogP contribution in [0.1, 0.15) is 16.1 Å². The van der Waals surface area contributed by atoms with Gasteiger partial charge in [0, 0.05) is 35.6 Å². The average molecular weight is 343 g/mol. The number of nitrogens with zero attached hydrogens (tertiary/aromatic N) is 2. The third-order valence-corrected chi connectivity index (χ3v) is 5.86. The number of aromatic amines is 1. The maximum absolute atomic E-state index is 12.2. The fraction of sp³-hybridized carbons (Fsp3) is 0.294. The smallest absolute Gasteiger partial charge is 0.256 e.